The van der Waals surface area contributed by atoms with Crippen molar-refractivity contribution in [2.45, 2.75) is 25.5 Å². The van der Waals surface area contributed by atoms with Crippen LogP contribution in [0.5, 0.6) is 0 Å². The smallest absolute Gasteiger partial charge is 0.330 e. The lowest BCUT2D eigenvalue weighted by molar-refractivity contribution is -0.154. The first-order valence-corrected chi connectivity index (χ1v) is 8.38. The minimum absolute atomic E-state index is 0.0883. The van der Waals surface area contributed by atoms with Crippen molar-refractivity contribution in [1.29, 1.82) is 5.26 Å². The Bertz CT molecular complexity index is 619. The highest BCUT2D eigenvalue weighted by molar-refractivity contribution is 7.99. The third-order valence-corrected chi connectivity index (χ3v) is 4.84. The average Bonchev–Trinajstić information content (AvgIpc) is 3.29. The molecule has 6 heteroatoms. The molecule has 114 valence electrons. The number of hydrogen-bond acceptors (Lipinski definition) is 5. The van der Waals surface area contributed by atoms with Gasteiger partial charge in [0.05, 0.1) is 17.5 Å². The summed E-state index contributed by atoms with van der Waals surface area (Å²) >= 11 is 1.59. The molecule has 0 spiro atoms. The van der Waals surface area contributed by atoms with Crippen LogP contribution in [0.3, 0.4) is 0 Å². The fourth-order valence-electron chi connectivity index (χ4n) is 2.35. The first-order valence-electron chi connectivity index (χ1n) is 7.23. The maximum atomic E-state index is 12.2. The van der Waals surface area contributed by atoms with Gasteiger partial charge in [0.25, 0.3) is 0 Å². The van der Waals surface area contributed by atoms with Gasteiger partial charge in [0.15, 0.2) is 0 Å². The van der Waals surface area contributed by atoms with Crippen LogP contribution in [0, 0.1) is 17.2 Å². The standard InChI is InChI=1S/C16H16N2O3S/c17-7-11-1-3-12(4-2-11)8-21-16(20)14-9-22-10-18(14)15(19)13-5-6-13/h1-4,13-14H,5-6,8-10H2. The van der Waals surface area contributed by atoms with Crippen LogP contribution in [-0.4, -0.2) is 34.4 Å². The number of hydrogen-bond donors (Lipinski definition) is 0. The summed E-state index contributed by atoms with van der Waals surface area (Å²) in [5.41, 5.74) is 1.40. The lowest BCUT2D eigenvalue weighted by Gasteiger charge is -2.22. The molecule has 2 fully saturated rings. The summed E-state index contributed by atoms with van der Waals surface area (Å²) < 4.78 is 5.34. The van der Waals surface area contributed by atoms with E-state index in [1.807, 2.05) is 6.07 Å². The molecule has 1 atom stereocenters. The van der Waals surface area contributed by atoms with Gasteiger partial charge in [0.1, 0.15) is 12.6 Å². The molecule has 0 N–H and O–H groups in total. The number of carbonyl (C=O) groups excluding carboxylic acids is 2. The molecular weight excluding hydrogens is 300 g/mol. The van der Waals surface area contributed by atoms with Crippen LogP contribution >= 0.6 is 11.8 Å². The summed E-state index contributed by atoms with van der Waals surface area (Å²) in [7, 11) is 0. The molecule has 0 radical (unpaired) electrons. The molecule has 3 rings (SSSR count). The summed E-state index contributed by atoms with van der Waals surface area (Å²) in [4.78, 5) is 26.0. The minimum atomic E-state index is -0.462. The highest BCUT2D eigenvalue weighted by Gasteiger charge is 2.41. The Morgan fingerprint density at radius 3 is 2.68 bits per heavy atom. The minimum Gasteiger partial charge on any atom is -0.459 e. The zero-order valence-corrected chi connectivity index (χ0v) is 12.8. The zero-order chi connectivity index (χ0) is 15.5. The molecule has 1 aliphatic heterocycles. The van der Waals surface area contributed by atoms with Crippen molar-refractivity contribution in [2.75, 3.05) is 11.6 Å². The van der Waals surface area contributed by atoms with Gasteiger partial charge >= 0.3 is 5.97 Å². The Hall–Kier alpha value is -2.00. The largest absolute Gasteiger partial charge is 0.459 e. The van der Waals surface area contributed by atoms with E-state index in [9.17, 15) is 9.59 Å². The third kappa shape index (κ3) is 3.25. The second kappa shape index (κ2) is 6.41. The van der Waals surface area contributed by atoms with Crippen molar-refractivity contribution in [3.8, 4) is 6.07 Å². The van der Waals surface area contributed by atoms with Gasteiger partial charge in [0, 0.05) is 11.7 Å². The van der Waals surface area contributed by atoms with E-state index in [1.54, 1.807) is 40.9 Å². The summed E-state index contributed by atoms with van der Waals surface area (Å²) in [5.74, 6) is 1.04. The fraction of sp³-hybridized carbons (Fsp3) is 0.438. The molecule has 1 aromatic carbocycles. The number of carbonyl (C=O) groups is 2. The highest BCUT2D eigenvalue weighted by Crippen LogP contribution is 2.34. The van der Waals surface area contributed by atoms with Crippen LogP contribution in [-0.2, 0) is 20.9 Å². The molecule has 1 heterocycles. The predicted molar refractivity (Wildman–Crippen MR) is 81.6 cm³/mol. The molecule has 1 unspecified atom stereocenters. The number of ether oxygens (including phenoxy) is 1. The van der Waals surface area contributed by atoms with E-state index in [2.05, 4.69) is 0 Å². The van der Waals surface area contributed by atoms with Crippen LogP contribution in [0.2, 0.25) is 0 Å². The Morgan fingerprint density at radius 1 is 1.32 bits per heavy atom. The molecule has 2 aliphatic rings. The van der Waals surface area contributed by atoms with Crippen molar-refractivity contribution in [3.05, 3.63) is 35.4 Å². The first kappa shape index (κ1) is 14.9. The van der Waals surface area contributed by atoms with Gasteiger partial charge in [0.2, 0.25) is 5.91 Å². The van der Waals surface area contributed by atoms with Gasteiger partial charge in [-0.25, -0.2) is 4.79 Å². The van der Waals surface area contributed by atoms with Crippen LogP contribution in [0.15, 0.2) is 24.3 Å². The molecule has 1 aromatic rings. The molecule has 1 amide bonds. The molecule has 1 saturated carbocycles. The quantitative estimate of drug-likeness (QED) is 0.794. The monoisotopic (exact) mass is 316 g/mol. The third-order valence-electron chi connectivity index (χ3n) is 3.83. The van der Waals surface area contributed by atoms with Crippen molar-refractivity contribution < 1.29 is 14.3 Å². The van der Waals surface area contributed by atoms with Crippen LogP contribution in [0.25, 0.3) is 0 Å². The number of amides is 1. The second-order valence-corrected chi connectivity index (χ2v) is 6.51. The van der Waals surface area contributed by atoms with Crippen molar-refractivity contribution in [2.24, 2.45) is 5.92 Å². The van der Waals surface area contributed by atoms with Crippen LogP contribution in [0.4, 0.5) is 0 Å². The Balaban J connectivity index is 1.56. The van der Waals surface area contributed by atoms with Gasteiger partial charge in [-0.15, -0.1) is 11.8 Å². The molecular formula is C16H16N2O3S. The van der Waals surface area contributed by atoms with E-state index in [4.69, 9.17) is 10.00 Å². The highest BCUT2D eigenvalue weighted by atomic mass is 32.2. The number of thioether (sulfide) groups is 1. The van der Waals surface area contributed by atoms with Crippen molar-refractivity contribution in [1.82, 2.24) is 4.90 Å². The first-order chi connectivity index (χ1) is 10.7. The number of benzene rings is 1. The maximum Gasteiger partial charge on any atom is 0.330 e. The normalized spacial score (nSPS) is 20.5. The molecule has 22 heavy (non-hydrogen) atoms. The zero-order valence-electron chi connectivity index (χ0n) is 12.0. The Kier molecular flexibility index (Phi) is 4.34. The number of nitriles is 1. The van der Waals surface area contributed by atoms with E-state index < -0.39 is 6.04 Å². The van der Waals surface area contributed by atoms with E-state index in [-0.39, 0.29) is 24.4 Å². The number of rotatable bonds is 4. The number of nitrogens with zero attached hydrogens (tertiary/aromatic N) is 2. The molecule has 0 aromatic heterocycles. The molecule has 1 aliphatic carbocycles. The van der Waals surface area contributed by atoms with Gasteiger partial charge < -0.3 is 9.64 Å². The van der Waals surface area contributed by atoms with Crippen molar-refractivity contribution in [3.63, 3.8) is 0 Å². The van der Waals surface area contributed by atoms with E-state index >= 15 is 0 Å². The van der Waals surface area contributed by atoms with Gasteiger partial charge in [-0.1, -0.05) is 12.1 Å². The molecule has 0 bridgehead atoms. The van der Waals surface area contributed by atoms with Gasteiger partial charge in [-0.05, 0) is 30.5 Å². The summed E-state index contributed by atoms with van der Waals surface area (Å²) in [6, 6.07) is 8.50. The Labute approximate surface area is 133 Å². The van der Waals surface area contributed by atoms with Crippen molar-refractivity contribution >= 4 is 23.6 Å². The molecule has 5 nitrogen and oxygen atoms in total. The summed E-state index contributed by atoms with van der Waals surface area (Å²) in [5, 5.41) is 8.75. The maximum absolute atomic E-state index is 12.2. The second-order valence-electron chi connectivity index (χ2n) is 5.51. The Morgan fingerprint density at radius 2 is 2.05 bits per heavy atom. The summed E-state index contributed by atoms with van der Waals surface area (Å²) in [6.07, 6.45) is 1.88. The lowest BCUT2D eigenvalue weighted by atomic mass is 10.1. The van der Waals surface area contributed by atoms with Gasteiger partial charge in [-0.3, -0.25) is 4.79 Å². The van der Waals surface area contributed by atoms with E-state index in [0.29, 0.717) is 17.2 Å². The topological polar surface area (TPSA) is 70.4 Å². The van der Waals surface area contributed by atoms with Crippen LogP contribution in [0.1, 0.15) is 24.0 Å². The fourth-order valence-corrected chi connectivity index (χ4v) is 3.49. The van der Waals surface area contributed by atoms with Gasteiger partial charge in [-0.2, -0.15) is 5.26 Å². The average molecular weight is 316 g/mol. The predicted octanol–water partition coefficient (Wildman–Crippen LogP) is 1.91. The lowest BCUT2D eigenvalue weighted by Crippen LogP contribution is -2.43. The SMILES string of the molecule is N#Cc1ccc(COC(=O)C2CSCN2C(=O)C2CC2)cc1. The summed E-state index contributed by atoms with van der Waals surface area (Å²) in [6.45, 7) is 0.164. The molecule has 1 saturated heterocycles. The number of esters is 1. The van der Waals surface area contributed by atoms with E-state index in [1.165, 1.54) is 0 Å². The van der Waals surface area contributed by atoms with Crippen LogP contribution < -0.4 is 0 Å². The van der Waals surface area contributed by atoms with E-state index in [0.717, 1.165) is 18.4 Å².